The van der Waals surface area contributed by atoms with Gasteiger partial charge in [-0.05, 0) is 11.6 Å². The van der Waals surface area contributed by atoms with Gasteiger partial charge in [-0.2, -0.15) is 0 Å². The van der Waals surface area contributed by atoms with Crippen LogP contribution in [0.25, 0.3) is 6.08 Å². The van der Waals surface area contributed by atoms with E-state index in [-0.39, 0.29) is 0 Å². The van der Waals surface area contributed by atoms with E-state index in [2.05, 4.69) is 35.7 Å². The van der Waals surface area contributed by atoms with Crippen molar-refractivity contribution in [2.75, 3.05) is 7.05 Å². The molecule has 2 N–H and O–H groups in total. The molecule has 0 atom stereocenters. The van der Waals surface area contributed by atoms with Gasteiger partial charge in [0, 0.05) is 5.56 Å². The Balaban J connectivity index is 2.09. The summed E-state index contributed by atoms with van der Waals surface area (Å²) < 4.78 is 1.87. The van der Waals surface area contributed by atoms with Gasteiger partial charge in [-0.3, -0.25) is 0 Å². The van der Waals surface area contributed by atoms with Gasteiger partial charge in [0.05, 0.1) is 7.05 Å². The predicted molar refractivity (Wildman–Crippen MR) is 82.0 cm³/mol. The topological polar surface area (TPSA) is 38.9 Å². The Labute approximate surface area is 118 Å². The monoisotopic (exact) mass is 262 g/mol. The van der Waals surface area contributed by atoms with Crippen LogP contribution in [0.4, 0.5) is 0 Å². The van der Waals surface area contributed by atoms with Gasteiger partial charge >= 0.3 is 5.96 Å². The largest absolute Gasteiger partial charge is 0.389 e. The molecule has 0 radical (unpaired) electrons. The summed E-state index contributed by atoms with van der Waals surface area (Å²) in [5, 5.41) is 11.1. The first-order chi connectivity index (χ1) is 9.75. The molecule has 0 saturated carbocycles. The van der Waals surface area contributed by atoms with Gasteiger partial charge in [-0.25, -0.2) is 9.89 Å². The number of nitrogens with zero attached hydrogens (tertiary/aromatic N) is 1. The zero-order chi connectivity index (χ0) is 13.9. The quantitative estimate of drug-likeness (QED) is 0.802. The molecule has 0 amide bonds. The van der Waals surface area contributed by atoms with Crippen LogP contribution in [0.15, 0.2) is 66.4 Å². The first-order valence-electron chi connectivity index (χ1n) is 6.54. The van der Waals surface area contributed by atoms with Gasteiger partial charge in [-0.1, -0.05) is 60.7 Å². The van der Waals surface area contributed by atoms with E-state index in [1.807, 2.05) is 48.0 Å². The van der Waals surface area contributed by atoms with E-state index >= 15 is 0 Å². The van der Waals surface area contributed by atoms with Gasteiger partial charge < -0.3 is 0 Å². The number of guanidine groups is 1. The molecule has 1 aliphatic heterocycles. The van der Waals surface area contributed by atoms with Crippen molar-refractivity contribution in [2.24, 2.45) is 0 Å². The molecule has 0 aliphatic carbocycles. The zero-order valence-electron chi connectivity index (χ0n) is 11.3. The minimum atomic E-state index is 0.394. The second kappa shape index (κ2) is 5.13. The summed E-state index contributed by atoms with van der Waals surface area (Å²) >= 11 is 0. The highest BCUT2D eigenvalue weighted by Crippen LogP contribution is 2.15. The van der Waals surface area contributed by atoms with E-state index in [1.165, 1.54) is 0 Å². The summed E-state index contributed by atoms with van der Waals surface area (Å²) in [6, 6.07) is 20.3. The van der Waals surface area contributed by atoms with Crippen molar-refractivity contribution in [1.82, 2.24) is 5.32 Å². The lowest BCUT2D eigenvalue weighted by molar-refractivity contribution is -0.369. The van der Waals surface area contributed by atoms with Crippen LogP contribution < -0.4 is 5.32 Å². The van der Waals surface area contributed by atoms with Crippen molar-refractivity contribution in [3.05, 3.63) is 77.5 Å². The second-order valence-electron chi connectivity index (χ2n) is 4.72. The lowest BCUT2D eigenvalue weighted by atomic mass is 10.1. The van der Waals surface area contributed by atoms with E-state index in [0.717, 1.165) is 22.5 Å². The molecule has 3 rings (SSSR count). The lowest BCUT2D eigenvalue weighted by Gasteiger charge is -2.02. The molecule has 20 heavy (non-hydrogen) atoms. The number of hydrogen-bond donors (Lipinski definition) is 2. The number of allylic oxidation sites excluding steroid dienone is 1. The first kappa shape index (κ1) is 12.4. The minimum Gasteiger partial charge on any atom is -0.239 e. The van der Waals surface area contributed by atoms with Crippen LogP contribution in [0.1, 0.15) is 11.1 Å². The van der Waals surface area contributed by atoms with Crippen LogP contribution in [-0.4, -0.2) is 23.3 Å². The second-order valence-corrected chi connectivity index (χ2v) is 4.72. The fourth-order valence-electron chi connectivity index (χ4n) is 2.33. The average Bonchev–Trinajstić information content (AvgIpc) is 2.76. The molecule has 0 unspecified atom stereocenters. The number of benzene rings is 2. The van der Waals surface area contributed by atoms with E-state index in [1.54, 1.807) is 0 Å². The van der Waals surface area contributed by atoms with Gasteiger partial charge in [0.2, 0.25) is 0 Å². The van der Waals surface area contributed by atoms with Crippen molar-refractivity contribution in [3.8, 4) is 0 Å². The van der Waals surface area contributed by atoms with E-state index in [9.17, 15) is 0 Å². The maximum Gasteiger partial charge on any atom is 0.389 e. The molecular formula is C17H16N3+. The molecule has 3 nitrogen and oxygen atoms in total. The van der Waals surface area contributed by atoms with Crippen LogP contribution in [-0.2, 0) is 0 Å². The summed E-state index contributed by atoms with van der Waals surface area (Å²) in [6.07, 6.45) is 2.07. The SMILES string of the molecule is C[N+]1=C(c2ccccc2)C(=Cc2ccccc2)NC1=N. The Kier molecular flexibility index (Phi) is 3.17. The summed E-state index contributed by atoms with van der Waals surface area (Å²) in [5.41, 5.74) is 4.20. The third-order valence-electron chi connectivity index (χ3n) is 3.34. The molecule has 98 valence electrons. The summed E-state index contributed by atoms with van der Waals surface area (Å²) in [7, 11) is 1.91. The molecule has 0 bridgehead atoms. The Morgan fingerprint density at radius 2 is 1.55 bits per heavy atom. The molecule has 3 heteroatoms. The molecule has 1 aliphatic rings. The van der Waals surface area contributed by atoms with Gasteiger partial charge in [0.1, 0.15) is 11.4 Å². The Morgan fingerprint density at radius 1 is 0.950 bits per heavy atom. The van der Waals surface area contributed by atoms with Crippen molar-refractivity contribution >= 4 is 17.7 Å². The molecule has 0 spiro atoms. The molecule has 2 aromatic carbocycles. The average molecular weight is 262 g/mol. The minimum absolute atomic E-state index is 0.394. The maximum atomic E-state index is 7.98. The summed E-state index contributed by atoms with van der Waals surface area (Å²) in [5.74, 6) is 0.394. The van der Waals surface area contributed by atoms with Crippen molar-refractivity contribution in [3.63, 3.8) is 0 Å². The standard InChI is InChI=1S/C17H16N3/c1-20-16(14-10-6-3-7-11-14)15(19-17(20)18)12-13-8-4-2-5-9-13/h2-12H,1H3,(H2,18,19)/q+1. The zero-order valence-corrected chi connectivity index (χ0v) is 11.3. The Bertz CT molecular complexity index is 698. The van der Waals surface area contributed by atoms with Crippen LogP contribution in [0, 0.1) is 5.41 Å². The molecule has 2 aromatic rings. The molecule has 0 aromatic heterocycles. The molecule has 1 heterocycles. The van der Waals surface area contributed by atoms with Crippen molar-refractivity contribution < 1.29 is 4.58 Å². The Hall–Kier alpha value is -2.68. The summed E-state index contributed by atoms with van der Waals surface area (Å²) in [6.45, 7) is 0. The third-order valence-corrected chi connectivity index (χ3v) is 3.34. The number of hydrogen-bond acceptors (Lipinski definition) is 1. The lowest BCUT2D eigenvalue weighted by Crippen LogP contribution is -2.21. The third kappa shape index (κ3) is 2.26. The molecular weight excluding hydrogens is 246 g/mol. The van der Waals surface area contributed by atoms with E-state index in [4.69, 9.17) is 5.41 Å². The van der Waals surface area contributed by atoms with Gasteiger partial charge in [-0.15, -0.1) is 5.41 Å². The van der Waals surface area contributed by atoms with Gasteiger partial charge in [0.25, 0.3) is 0 Å². The van der Waals surface area contributed by atoms with Crippen molar-refractivity contribution in [2.45, 2.75) is 0 Å². The van der Waals surface area contributed by atoms with Crippen LogP contribution in [0.5, 0.6) is 0 Å². The molecule has 0 saturated heterocycles. The van der Waals surface area contributed by atoms with Gasteiger partial charge in [0.15, 0.2) is 0 Å². The first-order valence-corrected chi connectivity index (χ1v) is 6.54. The highest BCUT2D eigenvalue weighted by Gasteiger charge is 2.29. The fourth-order valence-corrected chi connectivity index (χ4v) is 2.33. The van der Waals surface area contributed by atoms with E-state index in [0.29, 0.717) is 5.96 Å². The van der Waals surface area contributed by atoms with Crippen LogP contribution in [0.3, 0.4) is 0 Å². The predicted octanol–water partition coefficient (Wildman–Crippen LogP) is 2.70. The molecule has 0 fully saturated rings. The fraction of sp³-hybridized carbons (Fsp3) is 0.0588. The maximum absolute atomic E-state index is 7.98. The van der Waals surface area contributed by atoms with E-state index < -0.39 is 0 Å². The van der Waals surface area contributed by atoms with Crippen LogP contribution in [0.2, 0.25) is 0 Å². The highest BCUT2D eigenvalue weighted by atomic mass is 15.3. The van der Waals surface area contributed by atoms with Crippen molar-refractivity contribution in [1.29, 1.82) is 5.41 Å². The summed E-state index contributed by atoms with van der Waals surface area (Å²) in [4.78, 5) is 0. The number of nitrogens with one attached hydrogen (secondary N) is 2. The highest BCUT2D eigenvalue weighted by molar-refractivity contribution is 6.17. The smallest absolute Gasteiger partial charge is 0.239 e. The van der Waals surface area contributed by atoms with Crippen LogP contribution >= 0.6 is 0 Å². The normalized spacial score (nSPS) is 16.6. The number of rotatable bonds is 2. The Morgan fingerprint density at radius 3 is 2.20 bits per heavy atom.